The third-order valence-corrected chi connectivity index (χ3v) is 7.87. The van der Waals surface area contributed by atoms with Gasteiger partial charge in [-0.05, 0) is 57.0 Å². The number of nitrogens with one attached hydrogen (secondary N) is 2. The normalized spacial score (nSPS) is 17.4. The molecule has 0 atom stereocenters. The van der Waals surface area contributed by atoms with Gasteiger partial charge in [0.1, 0.15) is 17.0 Å². The maximum atomic E-state index is 6.25. The molecule has 38 heavy (non-hydrogen) atoms. The third kappa shape index (κ3) is 4.36. The van der Waals surface area contributed by atoms with Crippen LogP contribution in [-0.4, -0.2) is 74.4 Å². The van der Waals surface area contributed by atoms with Crippen molar-refractivity contribution in [3.8, 4) is 28.5 Å². The number of benzene rings is 1. The number of aromatic amines is 2. The van der Waals surface area contributed by atoms with Crippen LogP contribution in [0, 0.1) is 0 Å². The molecule has 1 saturated heterocycles. The number of ether oxygens (including phenoxy) is 1. The number of fused-ring (bicyclic) bond motifs is 2. The molecule has 194 valence electrons. The van der Waals surface area contributed by atoms with Crippen molar-refractivity contribution in [2.45, 2.75) is 38.2 Å². The molecule has 2 N–H and O–H groups in total. The molecule has 0 spiro atoms. The molecule has 0 radical (unpaired) electrons. The summed E-state index contributed by atoms with van der Waals surface area (Å²) in [7, 11) is 2.17. The zero-order chi connectivity index (χ0) is 25.5. The summed E-state index contributed by atoms with van der Waals surface area (Å²) >= 11 is 0. The Balaban J connectivity index is 1.22. The molecule has 9 nitrogen and oxygen atoms in total. The van der Waals surface area contributed by atoms with Crippen molar-refractivity contribution in [1.82, 2.24) is 35.0 Å². The van der Waals surface area contributed by atoms with Crippen molar-refractivity contribution in [1.29, 1.82) is 0 Å². The lowest BCUT2D eigenvalue weighted by molar-refractivity contribution is 0.154. The van der Waals surface area contributed by atoms with E-state index in [1.807, 2.05) is 18.5 Å². The number of hydrogen-bond donors (Lipinski definition) is 2. The first-order valence-electron chi connectivity index (χ1n) is 13.6. The zero-order valence-electron chi connectivity index (χ0n) is 21.7. The van der Waals surface area contributed by atoms with Crippen molar-refractivity contribution in [3.05, 3.63) is 48.9 Å². The van der Waals surface area contributed by atoms with Gasteiger partial charge in [-0.25, -0.2) is 4.98 Å². The van der Waals surface area contributed by atoms with Gasteiger partial charge in [0.05, 0.1) is 40.9 Å². The molecule has 4 aromatic heterocycles. The second kappa shape index (κ2) is 9.72. The fourth-order valence-corrected chi connectivity index (χ4v) is 5.69. The molecule has 2 fully saturated rings. The third-order valence-electron chi connectivity index (χ3n) is 7.87. The second-order valence-corrected chi connectivity index (χ2v) is 10.5. The van der Waals surface area contributed by atoms with Gasteiger partial charge in [-0.15, -0.1) is 0 Å². The molecule has 1 saturated carbocycles. The minimum absolute atomic E-state index is 0.278. The van der Waals surface area contributed by atoms with E-state index in [1.165, 1.54) is 24.9 Å². The number of nitrogens with zero attached hydrogens (tertiary/aromatic N) is 6. The Hall–Kier alpha value is -3.98. The van der Waals surface area contributed by atoms with E-state index in [0.717, 1.165) is 89.5 Å². The first-order chi connectivity index (χ1) is 18.7. The predicted molar refractivity (Wildman–Crippen MR) is 149 cm³/mol. The van der Waals surface area contributed by atoms with E-state index >= 15 is 0 Å². The molecular weight excluding hydrogens is 476 g/mol. The molecule has 0 unspecified atom stereocenters. The minimum Gasteiger partial charge on any atom is -0.489 e. The highest BCUT2D eigenvalue weighted by atomic mass is 16.5. The van der Waals surface area contributed by atoms with Crippen LogP contribution in [0.2, 0.25) is 0 Å². The molecule has 1 aromatic carbocycles. The fourth-order valence-electron chi connectivity index (χ4n) is 5.69. The average Bonchev–Trinajstić information content (AvgIpc) is 3.58. The summed E-state index contributed by atoms with van der Waals surface area (Å²) in [5.74, 6) is 1.55. The number of piperazine rings is 1. The molecule has 2 aliphatic rings. The predicted octanol–water partition coefficient (Wildman–Crippen LogP) is 5.03. The van der Waals surface area contributed by atoms with Gasteiger partial charge in [0, 0.05) is 43.3 Å². The monoisotopic (exact) mass is 508 g/mol. The number of anilines is 1. The fraction of sp³-hybridized carbons (Fsp3) is 0.379. The zero-order valence-corrected chi connectivity index (χ0v) is 21.7. The Labute approximate surface area is 221 Å². The number of pyridine rings is 2. The van der Waals surface area contributed by atoms with Gasteiger partial charge in [-0.3, -0.25) is 15.1 Å². The van der Waals surface area contributed by atoms with E-state index in [4.69, 9.17) is 9.72 Å². The van der Waals surface area contributed by atoms with E-state index in [-0.39, 0.29) is 6.10 Å². The first-order valence-corrected chi connectivity index (χ1v) is 13.6. The van der Waals surface area contributed by atoms with Crippen LogP contribution in [0.4, 0.5) is 5.69 Å². The Morgan fingerprint density at radius 1 is 0.947 bits per heavy atom. The van der Waals surface area contributed by atoms with Crippen molar-refractivity contribution >= 4 is 27.6 Å². The highest BCUT2D eigenvalue weighted by Crippen LogP contribution is 2.33. The number of likely N-dealkylation sites (N-methyl/N-ethyl adjacent to an activating group) is 1. The van der Waals surface area contributed by atoms with Gasteiger partial charge in [-0.1, -0.05) is 12.5 Å². The SMILES string of the molecule is CN1CCN(c2cccc3[nH]c(-c4n[nH]c5cnc(-c6cncc(OC7CCCCC7)c6)cc45)nc23)CC1. The van der Waals surface area contributed by atoms with Crippen LogP contribution < -0.4 is 9.64 Å². The van der Waals surface area contributed by atoms with Crippen molar-refractivity contribution in [2.75, 3.05) is 38.1 Å². The Morgan fingerprint density at radius 3 is 2.68 bits per heavy atom. The Kier molecular flexibility index (Phi) is 5.92. The van der Waals surface area contributed by atoms with Crippen molar-refractivity contribution < 1.29 is 4.74 Å². The van der Waals surface area contributed by atoms with Gasteiger partial charge in [-0.2, -0.15) is 5.10 Å². The highest BCUT2D eigenvalue weighted by molar-refractivity contribution is 5.96. The van der Waals surface area contributed by atoms with E-state index in [2.05, 4.69) is 66.3 Å². The largest absolute Gasteiger partial charge is 0.489 e. The van der Waals surface area contributed by atoms with Crippen LogP contribution in [-0.2, 0) is 0 Å². The van der Waals surface area contributed by atoms with E-state index < -0.39 is 0 Å². The van der Waals surface area contributed by atoms with Gasteiger partial charge in [0.25, 0.3) is 0 Å². The van der Waals surface area contributed by atoms with Gasteiger partial charge >= 0.3 is 0 Å². The molecule has 1 aliphatic carbocycles. The number of hydrogen-bond acceptors (Lipinski definition) is 7. The molecule has 7 rings (SSSR count). The summed E-state index contributed by atoms with van der Waals surface area (Å²) in [6.45, 7) is 4.09. The summed E-state index contributed by atoms with van der Waals surface area (Å²) in [6, 6.07) is 10.4. The molecule has 5 heterocycles. The summed E-state index contributed by atoms with van der Waals surface area (Å²) in [5, 5.41) is 8.72. The van der Waals surface area contributed by atoms with E-state index in [9.17, 15) is 0 Å². The van der Waals surface area contributed by atoms with Gasteiger partial charge in [0.2, 0.25) is 0 Å². The number of H-pyrrole nitrogens is 2. The smallest absolute Gasteiger partial charge is 0.159 e. The molecule has 0 bridgehead atoms. The van der Waals surface area contributed by atoms with Crippen molar-refractivity contribution in [2.24, 2.45) is 0 Å². The molecule has 0 amide bonds. The van der Waals surface area contributed by atoms with Crippen LogP contribution in [0.1, 0.15) is 32.1 Å². The summed E-state index contributed by atoms with van der Waals surface area (Å²) in [5.41, 5.74) is 6.57. The quantitative estimate of drug-likeness (QED) is 0.344. The second-order valence-electron chi connectivity index (χ2n) is 10.5. The van der Waals surface area contributed by atoms with Gasteiger partial charge in [0.15, 0.2) is 5.82 Å². The van der Waals surface area contributed by atoms with Crippen LogP contribution in [0.15, 0.2) is 48.9 Å². The van der Waals surface area contributed by atoms with Crippen LogP contribution in [0.25, 0.3) is 44.7 Å². The summed E-state index contributed by atoms with van der Waals surface area (Å²) in [4.78, 5) is 22.5. The Bertz CT molecular complexity index is 1580. The van der Waals surface area contributed by atoms with Crippen LogP contribution >= 0.6 is 0 Å². The number of aromatic nitrogens is 6. The first kappa shape index (κ1) is 23.2. The molecule has 5 aromatic rings. The summed E-state index contributed by atoms with van der Waals surface area (Å²) < 4.78 is 6.25. The van der Waals surface area contributed by atoms with E-state index in [1.54, 1.807) is 6.20 Å². The molecule has 9 heteroatoms. The topological polar surface area (TPSA) is 98.8 Å². The molecule has 1 aliphatic heterocycles. The number of rotatable bonds is 5. The van der Waals surface area contributed by atoms with Crippen LogP contribution in [0.5, 0.6) is 5.75 Å². The average molecular weight is 509 g/mol. The number of imidazole rings is 1. The van der Waals surface area contributed by atoms with Crippen LogP contribution in [0.3, 0.4) is 0 Å². The maximum Gasteiger partial charge on any atom is 0.159 e. The molecular formula is C29H32N8O. The minimum atomic E-state index is 0.278. The summed E-state index contributed by atoms with van der Waals surface area (Å²) in [6.07, 6.45) is 11.7. The van der Waals surface area contributed by atoms with E-state index in [0.29, 0.717) is 0 Å². The highest BCUT2D eigenvalue weighted by Gasteiger charge is 2.20. The van der Waals surface area contributed by atoms with Gasteiger partial charge < -0.3 is 19.5 Å². The lowest BCUT2D eigenvalue weighted by Crippen LogP contribution is -2.44. The Morgan fingerprint density at radius 2 is 1.82 bits per heavy atom. The standard InChI is InChI=1S/C29H32N8O/c1-36-10-12-37(13-11-36)26-9-5-8-23-28(26)33-29(32-23)27-22-15-24(31-18-25(22)34-35-27)19-14-21(17-30-16-19)38-20-6-3-2-4-7-20/h5,8-9,14-18,20H,2-4,6-7,10-13H2,1H3,(H,32,33)(H,34,35). The number of para-hydroxylation sites is 1. The lowest BCUT2D eigenvalue weighted by atomic mass is 9.98. The maximum absolute atomic E-state index is 6.25. The van der Waals surface area contributed by atoms with Crippen molar-refractivity contribution in [3.63, 3.8) is 0 Å². The lowest BCUT2D eigenvalue weighted by Gasteiger charge is -2.34.